The molecule has 0 saturated carbocycles. The van der Waals surface area contributed by atoms with E-state index >= 15 is 0 Å². The lowest BCUT2D eigenvalue weighted by Crippen LogP contribution is -1.99. The highest BCUT2D eigenvalue weighted by molar-refractivity contribution is 9.10. The van der Waals surface area contributed by atoms with Crippen molar-refractivity contribution in [3.05, 3.63) is 40.4 Å². The number of carbonyl (C=O) groups is 2. The fraction of sp³-hybridized carbons (Fsp3) is 0.167. The quantitative estimate of drug-likeness (QED) is 0.845. The molecule has 0 aromatic heterocycles. The Balaban J connectivity index is 2.50. The Bertz CT molecular complexity index is 407. The normalized spacial score (nSPS) is 10.6. The zero-order valence-electron chi connectivity index (χ0n) is 8.52. The maximum absolute atomic E-state index is 11.2. The van der Waals surface area contributed by atoms with Crippen LogP contribution in [0.25, 0.3) is 6.08 Å². The van der Waals surface area contributed by atoms with Crippen LogP contribution in [0.2, 0.25) is 0 Å². The summed E-state index contributed by atoms with van der Waals surface area (Å²) in [7, 11) is 0. The van der Waals surface area contributed by atoms with E-state index in [9.17, 15) is 9.59 Å². The molecule has 0 aliphatic heterocycles. The number of ketones is 1. The maximum Gasteiger partial charge on any atom is 0.303 e. The molecule has 0 fully saturated rings. The van der Waals surface area contributed by atoms with E-state index in [0.717, 1.165) is 10.0 Å². The summed E-state index contributed by atoms with van der Waals surface area (Å²) in [6, 6.07) is 7.49. The Morgan fingerprint density at radius 3 is 2.38 bits per heavy atom. The van der Waals surface area contributed by atoms with Crippen molar-refractivity contribution in [2.24, 2.45) is 0 Å². The van der Waals surface area contributed by atoms with Crippen LogP contribution in [0.4, 0.5) is 0 Å². The van der Waals surface area contributed by atoms with Gasteiger partial charge in [-0.1, -0.05) is 34.1 Å². The van der Waals surface area contributed by atoms with Crippen molar-refractivity contribution in [3.8, 4) is 0 Å². The van der Waals surface area contributed by atoms with E-state index in [-0.39, 0.29) is 18.6 Å². The smallest absolute Gasteiger partial charge is 0.303 e. The number of aliphatic carboxylic acids is 1. The largest absolute Gasteiger partial charge is 0.481 e. The van der Waals surface area contributed by atoms with Crippen LogP contribution in [0.15, 0.2) is 34.8 Å². The lowest BCUT2D eigenvalue weighted by molar-refractivity contribution is -0.138. The van der Waals surface area contributed by atoms with Crippen molar-refractivity contribution < 1.29 is 14.7 Å². The average Bonchev–Trinajstić information content (AvgIpc) is 2.25. The number of benzene rings is 1. The lowest BCUT2D eigenvalue weighted by atomic mass is 10.1. The molecule has 0 aliphatic carbocycles. The molecular formula is C12H11BrO3. The van der Waals surface area contributed by atoms with E-state index in [0.29, 0.717) is 0 Å². The number of halogens is 1. The van der Waals surface area contributed by atoms with Crippen LogP contribution >= 0.6 is 15.9 Å². The number of carboxylic acid groups (broad SMARTS) is 1. The van der Waals surface area contributed by atoms with Gasteiger partial charge in [0.25, 0.3) is 0 Å². The van der Waals surface area contributed by atoms with Crippen molar-refractivity contribution >= 4 is 33.8 Å². The molecule has 4 heteroatoms. The predicted molar refractivity (Wildman–Crippen MR) is 65.1 cm³/mol. The molecule has 1 N–H and O–H groups in total. The first-order valence-corrected chi connectivity index (χ1v) is 5.55. The molecule has 0 atom stereocenters. The Kier molecular flexibility index (Phi) is 4.92. The minimum absolute atomic E-state index is 0.0440. The SMILES string of the molecule is O=C(O)CCC(=O)/C=C/c1ccc(Br)cc1. The van der Waals surface area contributed by atoms with E-state index in [4.69, 9.17) is 5.11 Å². The van der Waals surface area contributed by atoms with Crippen LogP contribution in [-0.2, 0) is 9.59 Å². The van der Waals surface area contributed by atoms with Crippen molar-refractivity contribution in [2.75, 3.05) is 0 Å². The minimum Gasteiger partial charge on any atom is -0.481 e. The monoisotopic (exact) mass is 282 g/mol. The van der Waals surface area contributed by atoms with Gasteiger partial charge in [0.1, 0.15) is 0 Å². The highest BCUT2D eigenvalue weighted by Gasteiger charge is 2.01. The standard InChI is InChI=1S/C12H11BrO3/c13-10-4-1-9(2-5-10)3-6-11(14)7-8-12(15)16/h1-6H,7-8H2,(H,15,16)/b6-3+. The zero-order valence-corrected chi connectivity index (χ0v) is 10.1. The molecule has 0 spiro atoms. The van der Waals surface area contributed by atoms with Gasteiger partial charge in [0, 0.05) is 10.9 Å². The number of allylic oxidation sites excluding steroid dienone is 1. The van der Waals surface area contributed by atoms with E-state index in [1.807, 2.05) is 24.3 Å². The molecule has 16 heavy (non-hydrogen) atoms. The Labute approximate surface area is 102 Å². The molecule has 0 amide bonds. The Morgan fingerprint density at radius 2 is 1.81 bits per heavy atom. The number of rotatable bonds is 5. The minimum atomic E-state index is -0.953. The molecule has 1 rings (SSSR count). The van der Waals surface area contributed by atoms with Crippen LogP contribution in [0.5, 0.6) is 0 Å². The Hall–Kier alpha value is -1.42. The maximum atomic E-state index is 11.2. The second-order valence-electron chi connectivity index (χ2n) is 3.24. The number of hydrogen-bond acceptors (Lipinski definition) is 2. The van der Waals surface area contributed by atoms with Gasteiger partial charge in [-0.15, -0.1) is 0 Å². The average molecular weight is 283 g/mol. The first-order valence-electron chi connectivity index (χ1n) is 4.76. The van der Waals surface area contributed by atoms with Gasteiger partial charge in [-0.25, -0.2) is 0 Å². The van der Waals surface area contributed by atoms with Gasteiger partial charge in [-0.3, -0.25) is 9.59 Å². The third-order valence-corrected chi connectivity index (χ3v) is 2.45. The number of carbonyl (C=O) groups excluding carboxylic acids is 1. The molecule has 0 unspecified atom stereocenters. The summed E-state index contributed by atoms with van der Waals surface area (Å²) in [6.07, 6.45) is 3.01. The second kappa shape index (κ2) is 6.23. The second-order valence-corrected chi connectivity index (χ2v) is 4.16. The van der Waals surface area contributed by atoms with Gasteiger partial charge < -0.3 is 5.11 Å². The fourth-order valence-electron chi connectivity index (χ4n) is 1.08. The summed E-state index contributed by atoms with van der Waals surface area (Å²) in [5.41, 5.74) is 0.909. The molecule has 84 valence electrons. The van der Waals surface area contributed by atoms with E-state index in [1.165, 1.54) is 6.08 Å². The van der Waals surface area contributed by atoms with Gasteiger partial charge in [-0.2, -0.15) is 0 Å². The molecular weight excluding hydrogens is 272 g/mol. The number of carboxylic acids is 1. The van der Waals surface area contributed by atoms with Crippen molar-refractivity contribution in [3.63, 3.8) is 0 Å². The first kappa shape index (κ1) is 12.6. The molecule has 0 saturated heterocycles. The van der Waals surface area contributed by atoms with E-state index < -0.39 is 5.97 Å². The predicted octanol–water partition coefficient (Wildman–Crippen LogP) is 2.90. The Morgan fingerprint density at radius 1 is 1.19 bits per heavy atom. The lowest BCUT2D eigenvalue weighted by Gasteiger charge is -1.94. The molecule has 1 aromatic carbocycles. The summed E-state index contributed by atoms with van der Waals surface area (Å²) in [5, 5.41) is 8.40. The third-order valence-electron chi connectivity index (χ3n) is 1.92. The first-order chi connectivity index (χ1) is 7.58. The molecule has 1 aromatic rings. The van der Waals surface area contributed by atoms with Gasteiger partial charge in [-0.05, 0) is 23.8 Å². The van der Waals surface area contributed by atoms with Gasteiger partial charge >= 0.3 is 5.97 Å². The van der Waals surface area contributed by atoms with Crippen molar-refractivity contribution in [1.29, 1.82) is 0 Å². The van der Waals surface area contributed by atoms with Crippen molar-refractivity contribution in [1.82, 2.24) is 0 Å². The summed E-state index contributed by atoms with van der Waals surface area (Å²) in [4.78, 5) is 21.5. The summed E-state index contributed by atoms with van der Waals surface area (Å²) in [5.74, 6) is -1.13. The van der Waals surface area contributed by atoms with Crippen LogP contribution in [-0.4, -0.2) is 16.9 Å². The van der Waals surface area contributed by atoms with Gasteiger partial charge in [0.05, 0.1) is 6.42 Å². The van der Waals surface area contributed by atoms with Crippen molar-refractivity contribution in [2.45, 2.75) is 12.8 Å². The van der Waals surface area contributed by atoms with Gasteiger partial charge in [0.2, 0.25) is 0 Å². The highest BCUT2D eigenvalue weighted by Crippen LogP contribution is 2.11. The number of hydrogen-bond donors (Lipinski definition) is 1. The summed E-state index contributed by atoms with van der Waals surface area (Å²) < 4.78 is 0.974. The molecule has 0 radical (unpaired) electrons. The molecule has 3 nitrogen and oxygen atoms in total. The van der Waals surface area contributed by atoms with Gasteiger partial charge in [0.15, 0.2) is 5.78 Å². The summed E-state index contributed by atoms with van der Waals surface area (Å²) >= 11 is 3.31. The zero-order chi connectivity index (χ0) is 12.0. The summed E-state index contributed by atoms with van der Waals surface area (Å²) in [6.45, 7) is 0. The highest BCUT2D eigenvalue weighted by atomic mass is 79.9. The van der Waals surface area contributed by atoms with Crippen LogP contribution < -0.4 is 0 Å². The van der Waals surface area contributed by atoms with Crippen LogP contribution in [0, 0.1) is 0 Å². The van der Waals surface area contributed by atoms with Crippen LogP contribution in [0.3, 0.4) is 0 Å². The van der Waals surface area contributed by atoms with E-state index in [2.05, 4.69) is 15.9 Å². The molecule has 0 heterocycles. The topological polar surface area (TPSA) is 54.4 Å². The molecule has 0 bridgehead atoms. The molecule has 0 aliphatic rings. The van der Waals surface area contributed by atoms with Crippen LogP contribution in [0.1, 0.15) is 18.4 Å². The van der Waals surface area contributed by atoms with E-state index in [1.54, 1.807) is 6.08 Å². The third kappa shape index (κ3) is 4.89. The fourth-order valence-corrected chi connectivity index (χ4v) is 1.34.